The molecule has 1 aliphatic rings. The number of carbonyl (C=O) groups is 1. The van der Waals surface area contributed by atoms with Crippen molar-refractivity contribution in [2.24, 2.45) is 0 Å². The molecule has 0 fully saturated rings. The van der Waals surface area contributed by atoms with Gasteiger partial charge in [0, 0.05) is 12.6 Å². The van der Waals surface area contributed by atoms with Crippen molar-refractivity contribution >= 4 is 5.78 Å². The number of carbonyl (C=O) groups excluding carboxylic acids is 1. The van der Waals surface area contributed by atoms with E-state index in [-0.39, 0.29) is 24.7 Å². The number of hydrogen-bond acceptors (Lipinski definition) is 3. The molecule has 6 heteroatoms. The predicted octanol–water partition coefficient (Wildman–Crippen LogP) is 2.65. The van der Waals surface area contributed by atoms with Crippen LogP contribution in [-0.2, 0) is 16.0 Å². The quantitative estimate of drug-likeness (QED) is 0.774. The minimum Gasteiger partial charge on any atom is -0.372 e. The summed E-state index contributed by atoms with van der Waals surface area (Å²) in [5.74, 6) is -0.384. The van der Waals surface area contributed by atoms with Crippen LogP contribution in [0.25, 0.3) is 0 Å². The molecule has 2 rings (SSSR count). The van der Waals surface area contributed by atoms with E-state index in [9.17, 15) is 18.0 Å². The van der Waals surface area contributed by atoms with Crippen molar-refractivity contribution in [1.82, 2.24) is 4.98 Å². The topological polar surface area (TPSA) is 39.2 Å². The van der Waals surface area contributed by atoms with Crippen molar-refractivity contribution in [3.63, 3.8) is 0 Å². The van der Waals surface area contributed by atoms with Gasteiger partial charge in [-0.1, -0.05) is 6.07 Å². The summed E-state index contributed by atoms with van der Waals surface area (Å²) in [4.78, 5) is 16.1. The molecule has 0 aromatic carbocycles. The second-order valence-corrected chi connectivity index (χ2v) is 4.52. The van der Waals surface area contributed by atoms with E-state index in [1.54, 1.807) is 6.20 Å². The lowest BCUT2D eigenvalue weighted by molar-refractivity contribution is -0.174. The fourth-order valence-corrected chi connectivity index (χ4v) is 2.26. The number of aryl methyl sites for hydroxylation is 1. The fourth-order valence-electron chi connectivity index (χ4n) is 2.26. The van der Waals surface area contributed by atoms with Gasteiger partial charge in [-0.2, -0.15) is 13.2 Å². The van der Waals surface area contributed by atoms with E-state index in [0.717, 1.165) is 17.7 Å². The van der Waals surface area contributed by atoms with Crippen LogP contribution in [0.2, 0.25) is 0 Å². The van der Waals surface area contributed by atoms with Gasteiger partial charge in [0.05, 0.1) is 18.2 Å². The van der Waals surface area contributed by atoms with Gasteiger partial charge in [-0.25, -0.2) is 0 Å². The number of pyridine rings is 1. The largest absolute Gasteiger partial charge is 0.411 e. The summed E-state index contributed by atoms with van der Waals surface area (Å²) in [5, 5.41) is 0. The zero-order valence-corrected chi connectivity index (χ0v) is 10.2. The van der Waals surface area contributed by atoms with Crippen LogP contribution in [0.15, 0.2) is 18.3 Å². The second kappa shape index (κ2) is 5.69. The van der Waals surface area contributed by atoms with Crippen molar-refractivity contribution in [1.29, 1.82) is 0 Å². The first-order valence-corrected chi connectivity index (χ1v) is 6.08. The molecule has 0 bridgehead atoms. The highest BCUT2D eigenvalue weighted by Crippen LogP contribution is 2.32. The first-order valence-electron chi connectivity index (χ1n) is 6.08. The molecule has 0 saturated carbocycles. The van der Waals surface area contributed by atoms with Crippen LogP contribution < -0.4 is 0 Å². The highest BCUT2D eigenvalue weighted by molar-refractivity contribution is 5.86. The van der Waals surface area contributed by atoms with Gasteiger partial charge in [-0.15, -0.1) is 0 Å². The molecular formula is C13H14F3NO2. The Morgan fingerprint density at radius 3 is 3.00 bits per heavy atom. The van der Waals surface area contributed by atoms with E-state index in [0.29, 0.717) is 6.42 Å². The number of ketones is 1. The predicted molar refractivity (Wildman–Crippen MR) is 61.8 cm³/mol. The van der Waals surface area contributed by atoms with Crippen LogP contribution in [0.1, 0.15) is 30.0 Å². The molecule has 1 aliphatic carbocycles. The van der Waals surface area contributed by atoms with Gasteiger partial charge < -0.3 is 4.74 Å². The zero-order valence-electron chi connectivity index (χ0n) is 10.2. The van der Waals surface area contributed by atoms with Gasteiger partial charge in [0.2, 0.25) is 0 Å². The maximum Gasteiger partial charge on any atom is 0.411 e. The number of nitrogens with zero attached hydrogens (tertiary/aromatic N) is 1. The standard InChI is InChI=1S/C13H14F3NO2/c14-13(15,16)8-19-7-5-11(18)10-4-3-9-2-1-6-17-12(9)10/h1-2,6,10H,3-5,7-8H2. The van der Waals surface area contributed by atoms with Crippen LogP contribution in [0.3, 0.4) is 0 Å². The summed E-state index contributed by atoms with van der Waals surface area (Å²) in [7, 11) is 0. The average molecular weight is 273 g/mol. The maximum atomic E-state index is 11.9. The SMILES string of the molecule is O=C(CCOCC(F)(F)F)C1CCc2cccnc21. The molecular weight excluding hydrogens is 259 g/mol. The van der Waals surface area contributed by atoms with Crippen LogP contribution >= 0.6 is 0 Å². The summed E-state index contributed by atoms with van der Waals surface area (Å²) in [6.45, 7) is -1.50. The fraction of sp³-hybridized carbons (Fsp3) is 0.538. The normalized spacial score (nSPS) is 18.4. The number of alkyl halides is 3. The van der Waals surface area contributed by atoms with Crippen LogP contribution in [0.4, 0.5) is 13.2 Å². The number of hydrogen-bond donors (Lipinski definition) is 0. The molecule has 104 valence electrons. The first-order chi connectivity index (χ1) is 8.97. The van der Waals surface area contributed by atoms with Crippen LogP contribution in [0, 0.1) is 0 Å². The Balaban J connectivity index is 1.82. The molecule has 0 N–H and O–H groups in total. The Kier molecular flexibility index (Phi) is 4.19. The third kappa shape index (κ3) is 3.76. The van der Waals surface area contributed by atoms with Gasteiger partial charge in [0.25, 0.3) is 0 Å². The van der Waals surface area contributed by atoms with Crippen molar-refractivity contribution in [3.05, 3.63) is 29.6 Å². The van der Waals surface area contributed by atoms with Crippen LogP contribution in [0.5, 0.6) is 0 Å². The molecule has 1 unspecified atom stereocenters. The van der Waals surface area contributed by atoms with E-state index in [4.69, 9.17) is 0 Å². The van der Waals surface area contributed by atoms with E-state index >= 15 is 0 Å². The number of aromatic nitrogens is 1. The Morgan fingerprint density at radius 2 is 2.26 bits per heavy atom. The third-order valence-electron chi connectivity index (χ3n) is 3.11. The molecule has 0 saturated heterocycles. The molecule has 1 atom stereocenters. The molecule has 1 heterocycles. The summed E-state index contributed by atoms with van der Waals surface area (Å²) in [5.41, 5.74) is 1.82. The lowest BCUT2D eigenvalue weighted by atomic mass is 9.99. The van der Waals surface area contributed by atoms with E-state index < -0.39 is 12.8 Å². The molecule has 19 heavy (non-hydrogen) atoms. The van der Waals surface area contributed by atoms with Gasteiger partial charge in [-0.3, -0.25) is 9.78 Å². The number of fused-ring (bicyclic) bond motifs is 1. The van der Waals surface area contributed by atoms with E-state index in [1.165, 1.54) is 0 Å². The second-order valence-electron chi connectivity index (χ2n) is 4.52. The summed E-state index contributed by atoms with van der Waals surface area (Å²) < 4.78 is 40.0. The number of rotatable bonds is 5. The Hall–Kier alpha value is -1.43. The maximum absolute atomic E-state index is 11.9. The van der Waals surface area contributed by atoms with E-state index in [2.05, 4.69) is 9.72 Å². The highest BCUT2D eigenvalue weighted by atomic mass is 19.4. The molecule has 1 aromatic heterocycles. The van der Waals surface area contributed by atoms with Gasteiger partial charge >= 0.3 is 6.18 Å². The van der Waals surface area contributed by atoms with Crippen molar-refractivity contribution in [2.45, 2.75) is 31.4 Å². The lowest BCUT2D eigenvalue weighted by Crippen LogP contribution is -2.19. The molecule has 3 nitrogen and oxygen atoms in total. The average Bonchev–Trinajstić information content (AvgIpc) is 2.77. The van der Waals surface area contributed by atoms with Gasteiger partial charge in [0.15, 0.2) is 0 Å². The molecule has 0 amide bonds. The van der Waals surface area contributed by atoms with Gasteiger partial charge in [0.1, 0.15) is 12.4 Å². The third-order valence-corrected chi connectivity index (χ3v) is 3.11. The zero-order chi connectivity index (χ0) is 13.9. The van der Waals surface area contributed by atoms with Crippen molar-refractivity contribution in [2.75, 3.05) is 13.2 Å². The minimum absolute atomic E-state index is 0.00321. The Morgan fingerprint density at radius 1 is 1.47 bits per heavy atom. The van der Waals surface area contributed by atoms with Crippen molar-refractivity contribution in [3.8, 4) is 0 Å². The lowest BCUT2D eigenvalue weighted by Gasteiger charge is -2.10. The number of Topliss-reactive ketones (excluding diaryl/α,β-unsaturated/α-hetero) is 1. The van der Waals surface area contributed by atoms with Crippen LogP contribution in [-0.4, -0.2) is 30.2 Å². The molecule has 0 radical (unpaired) electrons. The monoisotopic (exact) mass is 273 g/mol. The first kappa shape index (κ1) is 14.0. The summed E-state index contributed by atoms with van der Waals surface area (Å²) >= 11 is 0. The number of ether oxygens (including phenoxy) is 1. The van der Waals surface area contributed by atoms with Crippen molar-refractivity contribution < 1.29 is 22.7 Å². The Bertz CT molecular complexity index is 459. The minimum atomic E-state index is -4.34. The Labute approximate surface area is 108 Å². The number of halogens is 3. The van der Waals surface area contributed by atoms with Gasteiger partial charge in [-0.05, 0) is 24.5 Å². The smallest absolute Gasteiger partial charge is 0.372 e. The summed E-state index contributed by atoms with van der Waals surface area (Å²) in [6, 6.07) is 3.74. The molecule has 0 aliphatic heterocycles. The highest BCUT2D eigenvalue weighted by Gasteiger charge is 2.30. The molecule has 0 spiro atoms. The van der Waals surface area contributed by atoms with E-state index in [1.807, 2.05) is 12.1 Å². The summed E-state index contributed by atoms with van der Waals surface area (Å²) in [6.07, 6.45) is -1.24. The molecule has 1 aromatic rings.